The smallest absolute Gasteiger partial charge is 0.271 e. The first-order chi connectivity index (χ1) is 7.97. The Morgan fingerprint density at radius 1 is 1.29 bits per heavy atom. The molecule has 0 fully saturated rings. The normalized spacial score (nSPS) is 11.4. The Hall–Kier alpha value is -1.05. The molecule has 2 rings (SSSR count). The van der Waals surface area contributed by atoms with Gasteiger partial charge in [0.25, 0.3) is 10.0 Å². The minimum absolute atomic E-state index is 0.204. The van der Waals surface area contributed by atoms with E-state index in [4.69, 9.17) is 5.73 Å². The Balaban J connectivity index is 2.29. The first-order valence-corrected chi connectivity index (χ1v) is 7.75. The van der Waals surface area contributed by atoms with Crippen LogP contribution >= 0.6 is 27.3 Å². The van der Waals surface area contributed by atoms with Crippen LogP contribution in [0, 0.1) is 0 Å². The second-order valence-electron chi connectivity index (χ2n) is 3.31. The van der Waals surface area contributed by atoms with E-state index in [-0.39, 0.29) is 4.21 Å². The van der Waals surface area contributed by atoms with Gasteiger partial charge in [0.2, 0.25) is 0 Å². The third-order valence-electron chi connectivity index (χ3n) is 1.94. The van der Waals surface area contributed by atoms with Gasteiger partial charge in [-0.1, -0.05) is 22.0 Å². The molecule has 0 spiro atoms. The lowest BCUT2D eigenvalue weighted by molar-refractivity contribution is 0.603. The lowest BCUT2D eigenvalue weighted by Crippen LogP contribution is -2.11. The summed E-state index contributed by atoms with van der Waals surface area (Å²) in [6.07, 6.45) is 0. The van der Waals surface area contributed by atoms with Crippen LogP contribution in [0.2, 0.25) is 0 Å². The minimum Gasteiger partial charge on any atom is -0.398 e. The monoisotopic (exact) mass is 332 g/mol. The summed E-state index contributed by atoms with van der Waals surface area (Å²) >= 11 is 4.37. The van der Waals surface area contributed by atoms with E-state index in [1.165, 1.54) is 6.07 Å². The minimum atomic E-state index is -3.54. The van der Waals surface area contributed by atoms with Crippen molar-refractivity contribution in [1.82, 2.24) is 0 Å². The number of benzene rings is 1. The zero-order valence-corrected chi connectivity index (χ0v) is 11.8. The molecule has 1 aromatic carbocycles. The number of sulfonamides is 1. The Kier molecular flexibility index (Phi) is 3.41. The number of halogens is 1. The molecule has 0 saturated heterocycles. The molecule has 0 aliphatic heterocycles. The quantitative estimate of drug-likeness (QED) is 0.907. The Morgan fingerprint density at radius 3 is 2.65 bits per heavy atom. The van der Waals surface area contributed by atoms with Crippen molar-refractivity contribution in [2.75, 3.05) is 10.5 Å². The third kappa shape index (κ3) is 2.99. The maximum Gasteiger partial charge on any atom is 0.271 e. The number of nitrogens with one attached hydrogen (secondary N) is 1. The van der Waals surface area contributed by atoms with Gasteiger partial charge in [-0.15, -0.1) is 11.3 Å². The predicted octanol–water partition coefficient (Wildman–Crippen LogP) is 2.89. The summed E-state index contributed by atoms with van der Waals surface area (Å²) < 4.78 is 27.4. The average molecular weight is 333 g/mol. The van der Waals surface area contributed by atoms with E-state index >= 15 is 0 Å². The van der Waals surface area contributed by atoms with E-state index in [1.807, 2.05) is 6.07 Å². The fraction of sp³-hybridized carbons (Fsp3) is 0. The Labute approximate surface area is 112 Å². The highest BCUT2D eigenvalue weighted by molar-refractivity contribution is 9.10. The van der Waals surface area contributed by atoms with Crippen molar-refractivity contribution in [2.45, 2.75) is 4.21 Å². The van der Waals surface area contributed by atoms with Gasteiger partial charge in [0.15, 0.2) is 0 Å². The highest BCUT2D eigenvalue weighted by Gasteiger charge is 2.16. The number of thiophene rings is 1. The van der Waals surface area contributed by atoms with Gasteiger partial charge in [-0.3, -0.25) is 4.72 Å². The number of rotatable bonds is 3. The van der Waals surface area contributed by atoms with E-state index in [1.54, 1.807) is 23.6 Å². The second-order valence-corrected chi connectivity index (χ2v) is 7.05. The summed E-state index contributed by atoms with van der Waals surface area (Å²) in [5.41, 5.74) is 6.46. The molecule has 17 heavy (non-hydrogen) atoms. The van der Waals surface area contributed by atoms with Crippen LogP contribution in [0.15, 0.2) is 44.4 Å². The summed E-state index contributed by atoms with van der Waals surface area (Å²) in [6.45, 7) is 0. The van der Waals surface area contributed by atoms with Crippen LogP contribution in [-0.4, -0.2) is 8.42 Å². The number of hydrogen-bond donors (Lipinski definition) is 2. The fourth-order valence-electron chi connectivity index (χ4n) is 1.23. The molecule has 0 unspecified atom stereocenters. The van der Waals surface area contributed by atoms with Crippen LogP contribution in [0.4, 0.5) is 11.4 Å². The number of nitrogen functional groups attached to an aromatic ring is 1. The third-order valence-corrected chi connectivity index (χ3v) is 5.27. The molecule has 0 aliphatic carbocycles. The maximum absolute atomic E-state index is 12.0. The highest BCUT2D eigenvalue weighted by atomic mass is 79.9. The van der Waals surface area contributed by atoms with Crippen LogP contribution in [0.3, 0.4) is 0 Å². The van der Waals surface area contributed by atoms with Crippen molar-refractivity contribution in [3.05, 3.63) is 40.2 Å². The van der Waals surface area contributed by atoms with Crippen LogP contribution < -0.4 is 10.5 Å². The number of anilines is 2. The highest BCUT2D eigenvalue weighted by Crippen LogP contribution is 2.25. The van der Waals surface area contributed by atoms with Gasteiger partial charge < -0.3 is 5.73 Å². The number of hydrogen-bond acceptors (Lipinski definition) is 4. The SMILES string of the molecule is Nc1csc(S(=O)(=O)Nc2cccc(Br)c2)c1. The molecule has 7 heteroatoms. The fourth-order valence-corrected chi connectivity index (χ4v) is 3.76. The molecule has 0 bridgehead atoms. The molecule has 0 atom stereocenters. The predicted molar refractivity (Wildman–Crippen MR) is 73.7 cm³/mol. The zero-order valence-electron chi connectivity index (χ0n) is 8.55. The lowest BCUT2D eigenvalue weighted by atomic mass is 10.3. The first kappa shape index (κ1) is 12.4. The van der Waals surface area contributed by atoms with Gasteiger partial charge >= 0.3 is 0 Å². The molecule has 0 radical (unpaired) electrons. The van der Waals surface area contributed by atoms with Gasteiger partial charge in [-0.25, -0.2) is 8.42 Å². The van der Waals surface area contributed by atoms with Crippen LogP contribution in [0.25, 0.3) is 0 Å². The van der Waals surface area contributed by atoms with Crippen LogP contribution in [-0.2, 0) is 10.0 Å². The van der Waals surface area contributed by atoms with E-state index < -0.39 is 10.0 Å². The molecule has 3 N–H and O–H groups in total. The van der Waals surface area contributed by atoms with Crippen molar-refractivity contribution in [3.63, 3.8) is 0 Å². The molecule has 0 saturated carbocycles. The maximum atomic E-state index is 12.0. The molecule has 90 valence electrons. The van der Waals surface area contributed by atoms with Gasteiger partial charge in [-0.05, 0) is 24.3 Å². The molecule has 2 aromatic rings. The summed E-state index contributed by atoms with van der Waals surface area (Å²) in [5.74, 6) is 0. The van der Waals surface area contributed by atoms with Crippen molar-refractivity contribution < 1.29 is 8.42 Å². The standard InChI is InChI=1S/C10H9BrN2O2S2/c11-7-2-1-3-9(4-7)13-17(14,15)10-5-8(12)6-16-10/h1-6,13H,12H2. The molecular formula is C10H9BrN2O2S2. The van der Waals surface area contributed by atoms with E-state index in [0.717, 1.165) is 15.8 Å². The van der Waals surface area contributed by atoms with Crippen LogP contribution in [0.1, 0.15) is 0 Å². The lowest BCUT2D eigenvalue weighted by Gasteiger charge is -2.06. The van der Waals surface area contributed by atoms with Crippen molar-refractivity contribution in [2.24, 2.45) is 0 Å². The Bertz CT molecular complexity index is 637. The molecule has 1 aromatic heterocycles. The zero-order chi connectivity index (χ0) is 12.5. The van der Waals surface area contributed by atoms with Crippen molar-refractivity contribution in [3.8, 4) is 0 Å². The summed E-state index contributed by atoms with van der Waals surface area (Å²) in [7, 11) is -3.54. The molecule has 0 amide bonds. The molecule has 1 heterocycles. The van der Waals surface area contributed by atoms with E-state index in [2.05, 4.69) is 20.7 Å². The molecular weight excluding hydrogens is 324 g/mol. The summed E-state index contributed by atoms with van der Waals surface area (Å²) in [6, 6.07) is 8.38. The van der Waals surface area contributed by atoms with Gasteiger partial charge in [-0.2, -0.15) is 0 Å². The van der Waals surface area contributed by atoms with Gasteiger partial charge in [0.05, 0.1) is 0 Å². The first-order valence-electron chi connectivity index (χ1n) is 4.60. The van der Waals surface area contributed by atoms with Gasteiger partial charge in [0, 0.05) is 21.2 Å². The summed E-state index contributed by atoms with van der Waals surface area (Å²) in [4.78, 5) is 0. The van der Waals surface area contributed by atoms with Crippen molar-refractivity contribution >= 4 is 48.7 Å². The topological polar surface area (TPSA) is 72.2 Å². The van der Waals surface area contributed by atoms with Gasteiger partial charge in [0.1, 0.15) is 4.21 Å². The second kappa shape index (κ2) is 4.67. The number of nitrogens with two attached hydrogens (primary N) is 1. The molecule has 0 aliphatic rings. The van der Waals surface area contributed by atoms with Crippen LogP contribution in [0.5, 0.6) is 0 Å². The summed E-state index contributed by atoms with van der Waals surface area (Å²) in [5, 5.41) is 1.59. The Morgan fingerprint density at radius 2 is 2.06 bits per heavy atom. The van der Waals surface area contributed by atoms with E-state index in [9.17, 15) is 8.42 Å². The van der Waals surface area contributed by atoms with E-state index in [0.29, 0.717) is 11.4 Å². The largest absolute Gasteiger partial charge is 0.398 e. The average Bonchev–Trinajstić information content (AvgIpc) is 2.65. The van der Waals surface area contributed by atoms with Crippen molar-refractivity contribution in [1.29, 1.82) is 0 Å². The molecule has 4 nitrogen and oxygen atoms in total.